The Hall–Kier alpha value is -2.52. The first-order valence-corrected chi connectivity index (χ1v) is 9.86. The van der Waals surface area contributed by atoms with Crippen LogP contribution in [-0.2, 0) is 0 Å². The summed E-state index contributed by atoms with van der Waals surface area (Å²) in [4.78, 5) is 0. The number of benzene rings is 2. The summed E-state index contributed by atoms with van der Waals surface area (Å²) < 4.78 is 13.3. The van der Waals surface area contributed by atoms with Crippen molar-refractivity contribution in [3.05, 3.63) is 81.4 Å². The molecule has 0 spiro atoms. The Balaban J connectivity index is 2.06. The molecule has 0 heterocycles. The minimum absolute atomic E-state index is 0.511. The average molecular weight is 378 g/mol. The van der Waals surface area contributed by atoms with Gasteiger partial charge in [-0.1, -0.05) is 36.4 Å². The lowest BCUT2D eigenvalue weighted by molar-refractivity contribution is -0.0707. The highest BCUT2D eigenvalue weighted by atomic mass is 16.7. The van der Waals surface area contributed by atoms with E-state index < -0.39 is 5.79 Å². The summed E-state index contributed by atoms with van der Waals surface area (Å²) in [7, 11) is 0. The van der Waals surface area contributed by atoms with Crippen molar-refractivity contribution in [3.63, 3.8) is 0 Å². The number of ether oxygens (including phenoxy) is 2. The molecule has 0 amide bonds. The van der Waals surface area contributed by atoms with Crippen LogP contribution in [-0.4, -0.2) is 12.3 Å². The zero-order chi connectivity index (χ0) is 20.5. The Morgan fingerprint density at radius 3 is 1.64 bits per heavy atom. The second kappa shape index (κ2) is 7.84. The van der Waals surface area contributed by atoms with E-state index in [1.54, 1.807) is 0 Å². The Kier molecular flexibility index (Phi) is 5.66. The molecule has 0 saturated heterocycles. The van der Waals surface area contributed by atoms with Crippen molar-refractivity contribution >= 4 is 0 Å². The summed E-state index contributed by atoms with van der Waals surface area (Å²) in [5.74, 6) is 0.875. The lowest BCUT2D eigenvalue weighted by Gasteiger charge is -2.36. The standard InChI is InChI=1S/C25H31NO2/c1-16-7-9-18(3)23(20(16)5)27-25(13-11-22(15-26)12-14-25)28-24-19(4)10-8-17(2)21(24)6/h7-13H,14-15,26H2,1-6H3. The van der Waals surface area contributed by atoms with Crippen molar-refractivity contribution in [1.82, 2.24) is 0 Å². The molecule has 3 nitrogen and oxygen atoms in total. The molecule has 2 aromatic rings. The van der Waals surface area contributed by atoms with Crippen LogP contribution in [0.2, 0.25) is 0 Å². The first-order chi connectivity index (χ1) is 13.3. The maximum Gasteiger partial charge on any atom is 0.274 e. The van der Waals surface area contributed by atoms with E-state index in [9.17, 15) is 0 Å². The van der Waals surface area contributed by atoms with Gasteiger partial charge in [-0.25, -0.2) is 0 Å². The topological polar surface area (TPSA) is 44.5 Å². The Labute approximate surface area is 168 Å². The molecule has 0 atom stereocenters. The Bertz CT molecular complexity index is 894. The molecule has 1 aliphatic rings. The van der Waals surface area contributed by atoms with Gasteiger partial charge in [0.25, 0.3) is 5.79 Å². The minimum Gasteiger partial charge on any atom is -0.448 e. The smallest absolute Gasteiger partial charge is 0.274 e. The van der Waals surface area contributed by atoms with Crippen LogP contribution in [0.3, 0.4) is 0 Å². The molecule has 3 heteroatoms. The zero-order valence-corrected chi connectivity index (χ0v) is 17.8. The van der Waals surface area contributed by atoms with E-state index >= 15 is 0 Å². The lowest BCUT2D eigenvalue weighted by Crippen LogP contribution is -2.42. The summed E-state index contributed by atoms with van der Waals surface area (Å²) in [5, 5.41) is 0. The van der Waals surface area contributed by atoms with E-state index in [2.05, 4.69) is 71.9 Å². The molecule has 0 aromatic heterocycles. The average Bonchev–Trinajstić information content (AvgIpc) is 2.69. The fraction of sp³-hybridized carbons (Fsp3) is 0.360. The second-order valence-electron chi connectivity index (χ2n) is 7.84. The number of hydrogen-bond acceptors (Lipinski definition) is 3. The van der Waals surface area contributed by atoms with Crippen LogP contribution >= 0.6 is 0 Å². The first-order valence-electron chi connectivity index (χ1n) is 9.86. The molecule has 0 bridgehead atoms. The van der Waals surface area contributed by atoms with Gasteiger partial charge in [-0.05, 0) is 80.5 Å². The fourth-order valence-electron chi connectivity index (χ4n) is 3.48. The van der Waals surface area contributed by atoms with Crippen LogP contribution in [0.5, 0.6) is 11.5 Å². The number of nitrogens with two attached hydrogens (primary N) is 1. The van der Waals surface area contributed by atoms with Crippen molar-refractivity contribution in [3.8, 4) is 11.5 Å². The maximum atomic E-state index is 6.64. The third kappa shape index (κ3) is 3.85. The van der Waals surface area contributed by atoms with Crippen molar-refractivity contribution in [2.24, 2.45) is 5.73 Å². The predicted molar refractivity (Wildman–Crippen MR) is 116 cm³/mol. The van der Waals surface area contributed by atoms with Crippen molar-refractivity contribution in [2.45, 2.75) is 53.8 Å². The SMILES string of the molecule is Cc1ccc(C)c(OC2(Oc3c(C)ccc(C)c3C)C=CC(CN)=CC2)c1C. The third-order valence-electron chi connectivity index (χ3n) is 5.73. The largest absolute Gasteiger partial charge is 0.448 e. The van der Waals surface area contributed by atoms with Crippen LogP contribution < -0.4 is 15.2 Å². The van der Waals surface area contributed by atoms with Crippen molar-refractivity contribution in [1.29, 1.82) is 0 Å². The van der Waals surface area contributed by atoms with Crippen LogP contribution in [0.4, 0.5) is 0 Å². The molecule has 3 rings (SSSR count). The molecule has 0 aliphatic heterocycles. The highest BCUT2D eigenvalue weighted by molar-refractivity contribution is 5.48. The molecule has 0 fully saturated rings. The van der Waals surface area contributed by atoms with Gasteiger partial charge in [0.15, 0.2) is 0 Å². The van der Waals surface area contributed by atoms with Gasteiger partial charge in [0, 0.05) is 19.0 Å². The van der Waals surface area contributed by atoms with Crippen LogP contribution in [0.1, 0.15) is 39.8 Å². The van der Waals surface area contributed by atoms with Gasteiger partial charge in [-0.3, -0.25) is 0 Å². The predicted octanol–water partition coefficient (Wildman–Crippen LogP) is 5.54. The lowest BCUT2D eigenvalue weighted by atomic mass is 9.99. The number of rotatable bonds is 5. The van der Waals surface area contributed by atoms with Crippen LogP contribution in [0.25, 0.3) is 0 Å². The highest BCUT2D eigenvalue weighted by Gasteiger charge is 2.35. The van der Waals surface area contributed by atoms with Gasteiger partial charge >= 0.3 is 0 Å². The van der Waals surface area contributed by atoms with Crippen molar-refractivity contribution < 1.29 is 9.47 Å². The summed E-state index contributed by atoms with van der Waals surface area (Å²) in [6.45, 7) is 13.1. The maximum absolute atomic E-state index is 6.64. The van der Waals surface area contributed by atoms with E-state index in [0.717, 1.165) is 39.3 Å². The van der Waals surface area contributed by atoms with E-state index in [0.29, 0.717) is 13.0 Å². The van der Waals surface area contributed by atoms with Crippen LogP contribution in [0, 0.1) is 41.5 Å². The first kappa shape index (κ1) is 20.2. The van der Waals surface area contributed by atoms with Crippen molar-refractivity contribution in [2.75, 3.05) is 6.54 Å². The Morgan fingerprint density at radius 1 is 0.786 bits per heavy atom. The number of hydrogen-bond donors (Lipinski definition) is 1. The quantitative estimate of drug-likeness (QED) is 0.696. The van der Waals surface area contributed by atoms with Gasteiger partial charge < -0.3 is 15.2 Å². The molecule has 2 aromatic carbocycles. The fourth-order valence-corrected chi connectivity index (χ4v) is 3.48. The summed E-state index contributed by atoms with van der Waals surface area (Å²) >= 11 is 0. The molecule has 0 radical (unpaired) electrons. The van der Waals surface area contributed by atoms with E-state index in [4.69, 9.17) is 15.2 Å². The second-order valence-corrected chi connectivity index (χ2v) is 7.84. The number of aryl methyl sites for hydroxylation is 4. The van der Waals surface area contributed by atoms with Gasteiger partial charge in [0.2, 0.25) is 0 Å². The molecule has 28 heavy (non-hydrogen) atoms. The molecule has 0 saturated carbocycles. The van der Waals surface area contributed by atoms with Gasteiger partial charge in [0.05, 0.1) is 0 Å². The zero-order valence-electron chi connectivity index (χ0n) is 17.8. The molecule has 1 aliphatic carbocycles. The summed E-state index contributed by atoms with van der Waals surface area (Å²) in [6, 6.07) is 8.45. The van der Waals surface area contributed by atoms with Gasteiger partial charge in [0.1, 0.15) is 11.5 Å². The molecular formula is C25H31NO2. The monoisotopic (exact) mass is 377 g/mol. The molecule has 0 unspecified atom stereocenters. The van der Waals surface area contributed by atoms with E-state index in [1.165, 1.54) is 11.1 Å². The van der Waals surface area contributed by atoms with Gasteiger partial charge in [-0.2, -0.15) is 0 Å². The van der Waals surface area contributed by atoms with Crippen LogP contribution in [0.15, 0.2) is 48.1 Å². The van der Waals surface area contributed by atoms with E-state index in [1.807, 2.05) is 12.2 Å². The molecular weight excluding hydrogens is 346 g/mol. The normalized spacial score (nSPS) is 15.3. The molecule has 148 valence electrons. The molecule has 2 N–H and O–H groups in total. The Morgan fingerprint density at radius 2 is 1.25 bits per heavy atom. The third-order valence-corrected chi connectivity index (χ3v) is 5.73. The highest BCUT2D eigenvalue weighted by Crippen LogP contribution is 2.37. The van der Waals surface area contributed by atoms with E-state index in [-0.39, 0.29) is 0 Å². The summed E-state index contributed by atoms with van der Waals surface area (Å²) in [6.07, 6.45) is 6.75. The summed E-state index contributed by atoms with van der Waals surface area (Å²) in [5.41, 5.74) is 13.8. The van der Waals surface area contributed by atoms with Gasteiger partial charge in [-0.15, -0.1) is 0 Å². The minimum atomic E-state index is -0.898.